The van der Waals surface area contributed by atoms with Gasteiger partial charge in [0, 0.05) is 28.0 Å². The molecule has 0 unspecified atom stereocenters. The van der Waals surface area contributed by atoms with Gasteiger partial charge in [-0.2, -0.15) is 5.10 Å². The predicted octanol–water partition coefficient (Wildman–Crippen LogP) is 5.73. The third kappa shape index (κ3) is 4.25. The molecule has 0 aliphatic heterocycles. The number of nitrogens with one attached hydrogen (secondary N) is 1. The number of aromatic nitrogens is 2. The third-order valence-electron chi connectivity index (χ3n) is 6.71. The van der Waals surface area contributed by atoms with Crippen LogP contribution in [0.2, 0.25) is 5.02 Å². The van der Waals surface area contributed by atoms with Gasteiger partial charge in [-0.25, -0.2) is 9.18 Å². The fourth-order valence-corrected chi connectivity index (χ4v) is 4.48. The topological polar surface area (TPSA) is 84.2 Å². The SMILES string of the molecule is O=C(O)c1cc(NC(=O)C2(Cc3ccc(Cl)cc3)CC2)cc(F)c1-c1cnn(C2CCC2)c1. The second kappa shape index (κ2) is 8.30. The van der Waals surface area contributed by atoms with Crippen molar-refractivity contribution in [3.8, 4) is 11.1 Å². The van der Waals surface area contributed by atoms with Gasteiger partial charge in [-0.15, -0.1) is 0 Å². The second-order valence-electron chi connectivity index (χ2n) is 9.02. The lowest BCUT2D eigenvalue weighted by Gasteiger charge is -2.25. The molecule has 0 saturated heterocycles. The Morgan fingerprint density at radius 3 is 2.55 bits per heavy atom. The number of carboxylic acid groups (broad SMARTS) is 1. The number of nitrogens with zero attached hydrogens (tertiary/aromatic N) is 2. The van der Waals surface area contributed by atoms with E-state index in [2.05, 4.69) is 10.4 Å². The Bertz CT molecular complexity index is 1230. The fraction of sp³-hybridized carbons (Fsp3) is 0.320. The smallest absolute Gasteiger partial charge is 0.336 e. The molecule has 2 aliphatic carbocycles. The van der Waals surface area contributed by atoms with Gasteiger partial charge in [0.25, 0.3) is 0 Å². The van der Waals surface area contributed by atoms with E-state index in [0.717, 1.165) is 24.8 Å². The highest BCUT2D eigenvalue weighted by Crippen LogP contribution is 2.49. The van der Waals surface area contributed by atoms with Crippen molar-refractivity contribution in [1.29, 1.82) is 0 Å². The highest BCUT2D eigenvalue weighted by Gasteiger charge is 2.49. The van der Waals surface area contributed by atoms with Gasteiger partial charge in [0.15, 0.2) is 0 Å². The number of amides is 1. The van der Waals surface area contributed by atoms with Gasteiger partial charge in [0.1, 0.15) is 5.82 Å². The monoisotopic (exact) mass is 467 g/mol. The molecule has 2 fully saturated rings. The molecular formula is C25H23ClFN3O3. The van der Waals surface area contributed by atoms with Gasteiger partial charge in [-0.05, 0) is 68.4 Å². The first-order valence-electron chi connectivity index (χ1n) is 11.0. The maximum absolute atomic E-state index is 15.1. The van der Waals surface area contributed by atoms with Crippen LogP contribution in [0.25, 0.3) is 11.1 Å². The fourth-order valence-electron chi connectivity index (χ4n) is 4.35. The van der Waals surface area contributed by atoms with Gasteiger partial charge in [-0.1, -0.05) is 23.7 Å². The van der Waals surface area contributed by atoms with Crippen molar-refractivity contribution >= 4 is 29.2 Å². The number of hydrogen-bond donors (Lipinski definition) is 2. The van der Waals surface area contributed by atoms with Crippen LogP contribution in [-0.4, -0.2) is 26.8 Å². The molecule has 2 N–H and O–H groups in total. The first-order valence-corrected chi connectivity index (χ1v) is 11.4. The Balaban J connectivity index is 1.39. The van der Waals surface area contributed by atoms with Gasteiger partial charge >= 0.3 is 5.97 Å². The zero-order chi connectivity index (χ0) is 23.2. The number of carboxylic acids is 1. The molecular weight excluding hydrogens is 445 g/mol. The quantitative estimate of drug-likeness (QED) is 0.465. The molecule has 0 atom stereocenters. The molecule has 0 radical (unpaired) electrons. The van der Waals surface area contributed by atoms with Crippen LogP contribution < -0.4 is 5.32 Å². The lowest BCUT2D eigenvalue weighted by Crippen LogP contribution is -2.26. The zero-order valence-electron chi connectivity index (χ0n) is 17.9. The van der Waals surface area contributed by atoms with Gasteiger partial charge < -0.3 is 10.4 Å². The van der Waals surface area contributed by atoms with Crippen LogP contribution in [0.1, 0.15) is 54.1 Å². The summed E-state index contributed by atoms with van der Waals surface area (Å²) in [4.78, 5) is 25.0. The Labute approximate surface area is 195 Å². The van der Waals surface area contributed by atoms with E-state index in [1.165, 1.54) is 18.3 Å². The zero-order valence-corrected chi connectivity index (χ0v) is 18.6. The molecule has 0 bridgehead atoms. The van der Waals surface area contributed by atoms with E-state index in [4.69, 9.17) is 11.6 Å². The van der Waals surface area contributed by atoms with Crippen molar-refractivity contribution in [3.63, 3.8) is 0 Å². The number of benzene rings is 2. The minimum absolute atomic E-state index is 0.0200. The molecule has 8 heteroatoms. The molecule has 6 nitrogen and oxygen atoms in total. The standard InChI is InChI=1S/C25H23ClFN3O3/c26-17-6-4-15(5-7-17)12-25(8-9-25)24(33)29-18-10-20(23(31)32)22(21(27)11-18)16-13-28-30(14-16)19-2-1-3-19/h4-7,10-11,13-14,19H,1-3,8-9,12H2,(H,29,33)(H,31,32). The third-order valence-corrected chi connectivity index (χ3v) is 6.96. The van der Waals surface area contributed by atoms with E-state index in [9.17, 15) is 14.7 Å². The van der Waals surface area contributed by atoms with Crippen molar-refractivity contribution in [1.82, 2.24) is 9.78 Å². The van der Waals surface area contributed by atoms with E-state index in [-0.39, 0.29) is 28.8 Å². The Kier molecular flexibility index (Phi) is 5.44. The maximum atomic E-state index is 15.1. The van der Waals surface area contributed by atoms with Crippen LogP contribution in [0.4, 0.5) is 10.1 Å². The first kappa shape index (κ1) is 21.6. The number of carbonyl (C=O) groups excluding carboxylic acids is 1. The summed E-state index contributed by atoms with van der Waals surface area (Å²) in [6.07, 6.45) is 8.31. The van der Waals surface area contributed by atoms with E-state index < -0.39 is 17.2 Å². The van der Waals surface area contributed by atoms with Gasteiger partial charge in [0.05, 0.1) is 23.2 Å². The number of aromatic carboxylic acids is 1. The van der Waals surface area contributed by atoms with E-state index in [0.29, 0.717) is 29.8 Å². The Morgan fingerprint density at radius 2 is 1.94 bits per heavy atom. The molecule has 33 heavy (non-hydrogen) atoms. The van der Waals surface area contributed by atoms with E-state index >= 15 is 4.39 Å². The number of rotatable bonds is 7. The number of anilines is 1. The molecule has 1 amide bonds. The lowest BCUT2D eigenvalue weighted by atomic mass is 9.93. The van der Waals surface area contributed by atoms with Crippen LogP contribution in [0.3, 0.4) is 0 Å². The summed E-state index contributed by atoms with van der Waals surface area (Å²) in [5.74, 6) is -2.21. The average molecular weight is 468 g/mol. The summed E-state index contributed by atoms with van der Waals surface area (Å²) in [6, 6.07) is 10.1. The van der Waals surface area contributed by atoms with Crippen LogP contribution in [0, 0.1) is 11.2 Å². The lowest BCUT2D eigenvalue weighted by molar-refractivity contribution is -0.121. The van der Waals surface area contributed by atoms with E-state index in [1.807, 2.05) is 12.1 Å². The summed E-state index contributed by atoms with van der Waals surface area (Å²) >= 11 is 5.94. The van der Waals surface area contributed by atoms with Crippen molar-refractivity contribution in [2.45, 2.75) is 44.6 Å². The molecule has 2 saturated carbocycles. The molecule has 5 rings (SSSR count). The highest BCUT2D eigenvalue weighted by molar-refractivity contribution is 6.30. The minimum Gasteiger partial charge on any atom is -0.478 e. The van der Waals surface area contributed by atoms with Gasteiger partial charge in [-0.3, -0.25) is 9.48 Å². The second-order valence-corrected chi connectivity index (χ2v) is 9.45. The van der Waals surface area contributed by atoms with Crippen molar-refractivity contribution < 1.29 is 19.1 Å². The van der Waals surface area contributed by atoms with Crippen LogP contribution in [0.15, 0.2) is 48.8 Å². The predicted molar refractivity (Wildman–Crippen MR) is 123 cm³/mol. The Hall–Kier alpha value is -3.19. The number of hydrogen-bond acceptors (Lipinski definition) is 3. The average Bonchev–Trinajstić information content (AvgIpc) is 3.37. The summed E-state index contributed by atoms with van der Waals surface area (Å²) in [5, 5.41) is 17.4. The highest BCUT2D eigenvalue weighted by atomic mass is 35.5. The van der Waals surface area contributed by atoms with Crippen molar-refractivity contribution in [2.75, 3.05) is 5.32 Å². The molecule has 1 aromatic heterocycles. The van der Waals surface area contributed by atoms with Crippen LogP contribution in [-0.2, 0) is 11.2 Å². The summed E-state index contributed by atoms with van der Waals surface area (Å²) in [7, 11) is 0. The number of carbonyl (C=O) groups is 2. The van der Waals surface area contributed by atoms with Crippen molar-refractivity contribution in [2.24, 2.45) is 5.41 Å². The largest absolute Gasteiger partial charge is 0.478 e. The Morgan fingerprint density at radius 1 is 1.21 bits per heavy atom. The van der Waals surface area contributed by atoms with Crippen LogP contribution in [0.5, 0.6) is 0 Å². The minimum atomic E-state index is -1.27. The van der Waals surface area contributed by atoms with Crippen molar-refractivity contribution in [3.05, 3.63) is 70.8 Å². The molecule has 1 heterocycles. The summed E-state index contributed by atoms with van der Waals surface area (Å²) in [5.41, 5.74) is 0.733. The summed E-state index contributed by atoms with van der Waals surface area (Å²) in [6.45, 7) is 0. The molecule has 3 aromatic rings. The molecule has 170 valence electrons. The summed E-state index contributed by atoms with van der Waals surface area (Å²) < 4.78 is 16.9. The molecule has 0 spiro atoms. The van der Waals surface area contributed by atoms with E-state index in [1.54, 1.807) is 23.0 Å². The molecule has 2 aliphatic rings. The normalized spacial score (nSPS) is 16.8. The van der Waals surface area contributed by atoms with Gasteiger partial charge in [0.2, 0.25) is 5.91 Å². The maximum Gasteiger partial charge on any atom is 0.336 e. The molecule has 2 aromatic carbocycles. The first-order chi connectivity index (χ1) is 15.8. The van der Waals surface area contributed by atoms with Crippen LogP contribution >= 0.6 is 11.6 Å². The number of halogens is 2.